The van der Waals surface area contributed by atoms with Crippen molar-refractivity contribution < 1.29 is 9.53 Å². The van der Waals surface area contributed by atoms with Gasteiger partial charge in [-0.2, -0.15) is 0 Å². The maximum atomic E-state index is 12.4. The van der Waals surface area contributed by atoms with Crippen LogP contribution in [-0.4, -0.2) is 17.5 Å². The van der Waals surface area contributed by atoms with E-state index in [4.69, 9.17) is 4.74 Å². The molecule has 0 saturated carbocycles. The minimum absolute atomic E-state index is 0.171. The van der Waals surface area contributed by atoms with E-state index in [9.17, 15) is 4.79 Å². The Kier molecular flexibility index (Phi) is 3.35. The molecule has 0 radical (unpaired) electrons. The van der Waals surface area contributed by atoms with E-state index in [2.05, 4.69) is 16.4 Å². The van der Waals surface area contributed by atoms with Crippen molar-refractivity contribution in [3.63, 3.8) is 0 Å². The van der Waals surface area contributed by atoms with Crippen LogP contribution in [0.4, 0.5) is 5.13 Å². The smallest absolute Gasteiger partial charge is 0.256 e. The topological polar surface area (TPSA) is 51.2 Å². The van der Waals surface area contributed by atoms with Gasteiger partial charge in [-0.25, -0.2) is 4.98 Å². The minimum atomic E-state index is -0.171. The van der Waals surface area contributed by atoms with Gasteiger partial charge in [-0.15, -0.1) is 0 Å². The third-order valence-electron chi connectivity index (χ3n) is 3.69. The quantitative estimate of drug-likeness (QED) is 0.775. The number of benzene rings is 2. The number of fused-ring (bicyclic) bond motifs is 2. The predicted octanol–water partition coefficient (Wildman–Crippen LogP) is 4.02. The Bertz CT molecular complexity index is 943. The van der Waals surface area contributed by atoms with Gasteiger partial charge >= 0.3 is 0 Å². The second-order valence-corrected chi connectivity index (χ2v) is 6.47. The third kappa shape index (κ3) is 2.71. The second kappa shape index (κ2) is 5.52. The molecule has 0 aliphatic carbocycles. The van der Waals surface area contributed by atoms with Crippen molar-refractivity contribution in [1.82, 2.24) is 4.98 Å². The third-order valence-corrected chi connectivity index (χ3v) is 4.62. The highest BCUT2D eigenvalue weighted by molar-refractivity contribution is 7.22. The van der Waals surface area contributed by atoms with Crippen LogP contribution < -0.4 is 10.1 Å². The zero-order valence-corrected chi connectivity index (χ0v) is 13.3. The number of thiazole rings is 1. The minimum Gasteiger partial charge on any atom is -0.488 e. The van der Waals surface area contributed by atoms with Crippen molar-refractivity contribution in [3.05, 3.63) is 59.2 Å². The van der Waals surface area contributed by atoms with Crippen LogP contribution in [0.15, 0.2) is 48.0 Å². The number of carbonyl (C=O) groups excluding carboxylic acids is 1. The molecule has 23 heavy (non-hydrogen) atoms. The summed E-state index contributed by atoms with van der Waals surface area (Å²) < 4.78 is 6.69. The summed E-state index contributed by atoms with van der Waals surface area (Å²) in [5, 5.41) is 3.48. The van der Waals surface area contributed by atoms with E-state index >= 15 is 0 Å². The molecule has 4 rings (SSSR count). The Hall–Kier alpha value is -2.66. The number of amides is 1. The summed E-state index contributed by atoms with van der Waals surface area (Å²) in [5.41, 5.74) is 3.59. The molecule has 0 bridgehead atoms. The van der Waals surface area contributed by atoms with Gasteiger partial charge in [0.05, 0.1) is 15.8 Å². The lowest BCUT2D eigenvalue weighted by Gasteiger charge is -2.16. The molecule has 0 unspecified atom stereocenters. The molecule has 0 spiro atoms. The maximum absolute atomic E-state index is 12.4. The van der Waals surface area contributed by atoms with Crippen molar-refractivity contribution in [1.29, 1.82) is 0 Å². The number of hydrogen-bond donors (Lipinski definition) is 1. The van der Waals surface area contributed by atoms with Gasteiger partial charge in [0.1, 0.15) is 12.4 Å². The number of anilines is 1. The van der Waals surface area contributed by atoms with Crippen molar-refractivity contribution >= 4 is 38.7 Å². The Morgan fingerprint density at radius 2 is 2.13 bits per heavy atom. The van der Waals surface area contributed by atoms with Gasteiger partial charge in [0, 0.05) is 5.56 Å². The molecule has 114 valence electrons. The highest BCUT2D eigenvalue weighted by Crippen LogP contribution is 2.29. The first-order chi connectivity index (χ1) is 11.2. The molecule has 0 saturated heterocycles. The summed E-state index contributed by atoms with van der Waals surface area (Å²) in [6.07, 6.45) is 1.87. The molecule has 1 amide bonds. The van der Waals surface area contributed by atoms with E-state index in [-0.39, 0.29) is 12.5 Å². The summed E-state index contributed by atoms with van der Waals surface area (Å²) in [6.45, 7) is 2.31. The van der Waals surface area contributed by atoms with Crippen LogP contribution in [0.5, 0.6) is 5.75 Å². The molecule has 2 aromatic carbocycles. The largest absolute Gasteiger partial charge is 0.488 e. The van der Waals surface area contributed by atoms with E-state index in [1.54, 1.807) is 0 Å². The number of ether oxygens (including phenoxy) is 1. The molecule has 0 atom stereocenters. The molecule has 1 aliphatic rings. The number of carbonyl (C=O) groups is 1. The number of rotatable bonds is 2. The van der Waals surface area contributed by atoms with E-state index in [0.717, 1.165) is 21.5 Å². The standard InChI is InChI=1S/C18H14N2O2S/c1-11-6-7-14-16(8-11)23-18(19-14)20-17(21)13-9-12-4-2-3-5-15(12)22-10-13/h2-9H,10H2,1H3,(H,19,20,21). The van der Waals surface area contributed by atoms with Gasteiger partial charge in [-0.05, 0) is 36.8 Å². The van der Waals surface area contributed by atoms with Gasteiger partial charge in [-0.3, -0.25) is 10.1 Å². The molecule has 1 aromatic heterocycles. The predicted molar refractivity (Wildman–Crippen MR) is 92.9 cm³/mol. The van der Waals surface area contributed by atoms with Crippen LogP contribution in [0.2, 0.25) is 0 Å². The van der Waals surface area contributed by atoms with E-state index in [1.165, 1.54) is 16.9 Å². The fourth-order valence-electron chi connectivity index (χ4n) is 2.51. The lowest BCUT2D eigenvalue weighted by atomic mass is 10.1. The van der Waals surface area contributed by atoms with Crippen molar-refractivity contribution in [2.75, 3.05) is 11.9 Å². The lowest BCUT2D eigenvalue weighted by Crippen LogP contribution is -2.21. The molecule has 1 N–H and O–H groups in total. The number of para-hydroxylation sites is 1. The molecular weight excluding hydrogens is 308 g/mol. The van der Waals surface area contributed by atoms with Gasteiger partial charge < -0.3 is 4.74 Å². The average Bonchev–Trinajstić information content (AvgIpc) is 2.95. The van der Waals surface area contributed by atoms with Crippen LogP contribution in [0.25, 0.3) is 16.3 Å². The van der Waals surface area contributed by atoms with Gasteiger partial charge in [0.15, 0.2) is 5.13 Å². The molecule has 0 fully saturated rings. The Morgan fingerprint density at radius 1 is 1.26 bits per heavy atom. The summed E-state index contributed by atoms with van der Waals surface area (Å²) in [7, 11) is 0. The fraction of sp³-hybridized carbons (Fsp3) is 0.111. The second-order valence-electron chi connectivity index (χ2n) is 5.44. The van der Waals surface area contributed by atoms with Crippen LogP contribution in [0.3, 0.4) is 0 Å². The van der Waals surface area contributed by atoms with E-state index < -0.39 is 0 Å². The Balaban J connectivity index is 1.59. The van der Waals surface area contributed by atoms with Gasteiger partial charge in [0.2, 0.25) is 0 Å². The monoisotopic (exact) mass is 322 g/mol. The maximum Gasteiger partial charge on any atom is 0.256 e. The molecular formula is C18H14N2O2S. The molecule has 4 nitrogen and oxygen atoms in total. The summed E-state index contributed by atoms with van der Waals surface area (Å²) >= 11 is 1.48. The summed E-state index contributed by atoms with van der Waals surface area (Å²) in [6, 6.07) is 13.7. The molecule has 2 heterocycles. The van der Waals surface area contributed by atoms with Crippen molar-refractivity contribution in [2.45, 2.75) is 6.92 Å². The SMILES string of the molecule is Cc1ccc2nc(NC(=O)C3=Cc4ccccc4OC3)sc2c1. The van der Waals surface area contributed by atoms with Crippen molar-refractivity contribution in [3.8, 4) is 5.75 Å². The van der Waals surface area contributed by atoms with Crippen molar-refractivity contribution in [2.24, 2.45) is 0 Å². The first-order valence-corrected chi connectivity index (χ1v) is 8.12. The first kappa shape index (κ1) is 14.0. The van der Waals surface area contributed by atoms with Crippen LogP contribution in [0, 0.1) is 6.92 Å². The normalized spacial score (nSPS) is 13.2. The first-order valence-electron chi connectivity index (χ1n) is 7.30. The Labute approximate surface area is 137 Å². The fourth-order valence-corrected chi connectivity index (χ4v) is 3.47. The molecule has 1 aliphatic heterocycles. The zero-order chi connectivity index (χ0) is 15.8. The average molecular weight is 322 g/mol. The molecule has 5 heteroatoms. The Morgan fingerprint density at radius 3 is 3.04 bits per heavy atom. The lowest BCUT2D eigenvalue weighted by molar-refractivity contribution is -0.113. The van der Waals surface area contributed by atoms with Crippen LogP contribution in [0.1, 0.15) is 11.1 Å². The van der Waals surface area contributed by atoms with Crippen LogP contribution >= 0.6 is 11.3 Å². The van der Waals surface area contributed by atoms with Crippen LogP contribution in [-0.2, 0) is 4.79 Å². The highest BCUT2D eigenvalue weighted by Gasteiger charge is 2.18. The number of nitrogens with zero attached hydrogens (tertiary/aromatic N) is 1. The number of nitrogens with one attached hydrogen (secondary N) is 1. The van der Waals surface area contributed by atoms with E-state index in [1.807, 2.05) is 49.4 Å². The van der Waals surface area contributed by atoms with Gasteiger partial charge in [0.25, 0.3) is 5.91 Å². The summed E-state index contributed by atoms with van der Waals surface area (Å²) in [5.74, 6) is 0.634. The molecule has 3 aromatic rings. The number of aryl methyl sites for hydroxylation is 1. The number of hydrogen-bond acceptors (Lipinski definition) is 4. The van der Waals surface area contributed by atoms with Gasteiger partial charge in [-0.1, -0.05) is 35.6 Å². The highest BCUT2D eigenvalue weighted by atomic mass is 32.1. The van der Waals surface area contributed by atoms with E-state index in [0.29, 0.717) is 10.7 Å². The summed E-state index contributed by atoms with van der Waals surface area (Å²) in [4.78, 5) is 16.9. The zero-order valence-electron chi connectivity index (χ0n) is 12.5. The number of aromatic nitrogens is 1.